The molecule has 32 heavy (non-hydrogen) atoms. The van der Waals surface area contributed by atoms with Crippen molar-refractivity contribution >= 4 is 23.3 Å². The van der Waals surface area contributed by atoms with Crippen LogP contribution >= 0.6 is 0 Å². The number of para-hydroxylation sites is 1. The zero-order chi connectivity index (χ0) is 22.7. The number of ether oxygens (including phenoxy) is 1. The van der Waals surface area contributed by atoms with Crippen molar-refractivity contribution in [2.24, 2.45) is 5.41 Å². The zero-order valence-electron chi connectivity index (χ0n) is 18.2. The van der Waals surface area contributed by atoms with E-state index in [0.29, 0.717) is 12.0 Å². The first-order chi connectivity index (χ1) is 15.4. The average molecular weight is 431 g/mol. The molecule has 7 heteroatoms. The molecule has 1 amide bonds. The number of carbonyl (C=O) groups excluding carboxylic acids is 2. The number of aromatic amines is 1. The fraction of sp³-hybridized carbons (Fsp3) is 0.240. The third-order valence-electron chi connectivity index (χ3n) is 5.20. The molecule has 0 fully saturated rings. The van der Waals surface area contributed by atoms with Crippen LogP contribution in [0.5, 0.6) is 0 Å². The standard InChI is InChI=1S/C25H25N3O4/c1-25(2,3)22(28-24(30)31-15-16-9-5-4-6-10-16)23-27-20(14-29)21(32-23)18-13-26-19-12-8-7-11-17(18)19/h4-14,22,26H,15H2,1-3H3,(H,28,30)/t22-/m1/s1. The molecule has 0 unspecified atom stereocenters. The molecule has 0 bridgehead atoms. The van der Waals surface area contributed by atoms with Gasteiger partial charge in [0.1, 0.15) is 18.3 Å². The second-order valence-electron chi connectivity index (χ2n) is 8.64. The predicted molar refractivity (Wildman–Crippen MR) is 121 cm³/mol. The third kappa shape index (κ3) is 4.42. The van der Waals surface area contributed by atoms with Crippen molar-refractivity contribution in [2.45, 2.75) is 33.4 Å². The van der Waals surface area contributed by atoms with E-state index in [-0.39, 0.29) is 18.2 Å². The Balaban J connectivity index is 1.61. The van der Waals surface area contributed by atoms with E-state index >= 15 is 0 Å². The quantitative estimate of drug-likeness (QED) is 0.385. The van der Waals surface area contributed by atoms with Gasteiger partial charge in [0.05, 0.1) is 0 Å². The van der Waals surface area contributed by atoms with Crippen LogP contribution in [-0.4, -0.2) is 22.3 Å². The SMILES string of the molecule is CC(C)(C)[C@H](NC(=O)OCc1ccccc1)c1nc(C=O)c(-c2c[nH]c3ccccc23)o1. The van der Waals surface area contributed by atoms with Crippen LogP contribution in [0.2, 0.25) is 0 Å². The molecule has 0 aliphatic carbocycles. The van der Waals surface area contributed by atoms with Crippen molar-refractivity contribution in [3.63, 3.8) is 0 Å². The third-order valence-corrected chi connectivity index (χ3v) is 5.20. The van der Waals surface area contributed by atoms with Gasteiger partial charge in [-0.15, -0.1) is 0 Å². The number of oxazole rings is 1. The topological polar surface area (TPSA) is 97.2 Å². The molecule has 2 heterocycles. The van der Waals surface area contributed by atoms with Crippen molar-refractivity contribution in [2.75, 3.05) is 0 Å². The highest BCUT2D eigenvalue weighted by molar-refractivity contribution is 5.97. The van der Waals surface area contributed by atoms with Crippen LogP contribution in [0.4, 0.5) is 4.79 Å². The summed E-state index contributed by atoms with van der Waals surface area (Å²) in [5.74, 6) is 0.609. The number of alkyl carbamates (subject to hydrolysis) is 1. The Bertz CT molecular complexity index is 1240. The molecule has 0 spiro atoms. The molecule has 0 aliphatic rings. The smallest absolute Gasteiger partial charge is 0.408 e. The molecule has 7 nitrogen and oxygen atoms in total. The summed E-state index contributed by atoms with van der Waals surface area (Å²) >= 11 is 0. The van der Waals surface area contributed by atoms with Crippen LogP contribution in [0.1, 0.15) is 48.8 Å². The van der Waals surface area contributed by atoms with Crippen LogP contribution in [0.3, 0.4) is 0 Å². The number of fused-ring (bicyclic) bond motifs is 1. The van der Waals surface area contributed by atoms with E-state index < -0.39 is 17.6 Å². The van der Waals surface area contributed by atoms with Crippen molar-refractivity contribution in [1.29, 1.82) is 0 Å². The molecule has 0 saturated heterocycles. The summed E-state index contributed by atoms with van der Waals surface area (Å²) in [6.07, 6.45) is 1.86. The molecular weight excluding hydrogens is 406 g/mol. The van der Waals surface area contributed by atoms with Gasteiger partial charge in [-0.3, -0.25) is 4.79 Å². The fourth-order valence-corrected chi connectivity index (χ4v) is 3.54. The van der Waals surface area contributed by atoms with Gasteiger partial charge in [0.15, 0.2) is 12.0 Å². The number of hydrogen-bond acceptors (Lipinski definition) is 5. The maximum Gasteiger partial charge on any atom is 0.408 e. The van der Waals surface area contributed by atoms with Crippen molar-refractivity contribution in [1.82, 2.24) is 15.3 Å². The van der Waals surface area contributed by atoms with Gasteiger partial charge in [-0.2, -0.15) is 0 Å². The number of rotatable bonds is 6. The summed E-state index contributed by atoms with van der Waals surface area (Å²) in [7, 11) is 0. The molecule has 0 radical (unpaired) electrons. The molecule has 0 saturated carbocycles. The summed E-state index contributed by atoms with van der Waals surface area (Å²) in [6, 6.07) is 16.6. The second kappa shape index (κ2) is 8.70. The predicted octanol–water partition coefficient (Wildman–Crippen LogP) is 5.65. The summed E-state index contributed by atoms with van der Waals surface area (Å²) in [5.41, 5.74) is 2.27. The lowest BCUT2D eigenvalue weighted by molar-refractivity contribution is 0.111. The van der Waals surface area contributed by atoms with Gasteiger partial charge in [0.25, 0.3) is 0 Å². The average Bonchev–Trinajstić information content (AvgIpc) is 3.39. The summed E-state index contributed by atoms with van der Waals surface area (Å²) in [6.45, 7) is 6.00. The minimum absolute atomic E-state index is 0.148. The van der Waals surface area contributed by atoms with Gasteiger partial charge in [-0.25, -0.2) is 9.78 Å². The number of nitrogens with zero attached hydrogens (tertiary/aromatic N) is 1. The van der Waals surface area contributed by atoms with Crippen molar-refractivity contribution < 1.29 is 18.7 Å². The Hall–Kier alpha value is -3.87. The van der Waals surface area contributed by atoms with Gasteiger partial charge in [-0.05, 0) is 17.0 Å². The number of benzene rings is 2. The lowest BCUT2D eigenvalue weighted by Crippen LogP contribution is -2.37. The van der Waals surface area contributed by atoms with Gasteiger partial charge in [-0.1, -0.05) is 69.3 Å². The van der Waals surface area contributed by atoms with Crippen LogP contribution in [0, 0.1) is 5.41 Å². The molecule has 4 aromatic rings. The highest BCUT2D eigenvalue weighted by Crippen LogP contribution is 2.37. The Morgan fingerprint density at radius 1 is 1.16 bits per heavy atom. The number of hydrogen-bond donors (Lipinski definition) is 2. The first kappa shape index (κ1) is 21.4. The van der Waals surface area contributed by atoms with Crippen molar-refractivity contribution in [3.8, 4) is 11.3 Å². The van der Waals surface area contributed by atoms with E-state index in [1.807, 2.05) is 75.4 Å². The van der Waals surface area contributed by atoms with Crippen LogP contribution < -0.4 is 5.32 Å². The lowest BCUT2D eigenvalue weighted by atomic mass is 9.87. The minimum Gasteiger partial charge on any atom is -0.445 e. The Morgan fingerprint density at radius 2 is 1.88 bits per heavy atom. The zero-order valence-corrected chi connectivity index (χ0v) is 18.2. The monoisotopic (exact) mass is 431 g/mol. The molecule has 2 aromatic heterocycles. The summed E-state index contributed by atoms with van der Waals surface area (Å²) in [5, 5.41) is 3.77. The first-order valence-corrected chi connectivity index (χ1v) is 10.4. The van der Waals surface area contributed by atoms with E-state index in [4.69, 9.17) is 9.15 Å². The van der Waals surface area contributed by atoms with Crippen LogP contribution in [0.15, 0.2) is 65.2 Å². The largest absolute Gasteiger partial charge is 0.445 e. The van der Waals surface area contributed by atoms with Gasteiger partial charge < -0.3 is 19.5 Å². The van der Waals surface area contributed by atoms with Crippen molar-refractivity contribution in [3.05, 3.63) is 77.9 Å². The highest BCUT2D eigenvalue weighted by atomic mass is 16.5. The number of amides is 1. The Labute approximate surface area is 185 Å². The highest BCUT2D eigenvalue weighted by Gasteiger charge is 2.34. The fourth-order valence-electron chi connectivity index (χ4n) is 3.54. The van der Waals surface area contributed by atoms with Gasteiger partial charge in [0.2, 0.25) is 5.89 Å². The molecule has 0 aliphatic heterocycles. The van der Waals surface area contributed by atoms with E-state index in [2.05, 4.69) is 15.3 Å². The molecule has 1 atom stereocenters. The summed E-state index contributed by atoms with van der Waals surface area (Å²) in [4.78, 5) is 31.9. The maximum absolute atomic E-state index is 12.5. The first-order valence-electron chi connectivity index (χ1n) is 10.4. The Kier molecular flexibility index (Phi) is 5.81. The van der Waals surface area contributed by atoms with Gasteiger partial charge >= 0.3 is 6.09 Å². The molecule has 2 aromatic carbocycles. The normalized spacial score (nSPS) is 12.5. The number of aromatic nitrogens is 2. The lowest BCUT2D eigenvalue weighted by Gasteiger charge is -2.28. The number of carbonyl (C=O) groups is 2. The number of aldehydes is 1. The Morgan fingerprint density at radius 3 is 2.59 bits per heavy atom. The molecule has 4 rings (SSSR count). The summed E-state index contributed by atoms with van der Waals surface area (Å²) < 4.78 is 11.5. The van der Waals surface area contributed by atoms with E-state index in [1.54, 1.807) is 6.20 Å². The van der Waals surface area contributed by atoms with Crippen LogP contribution in [-0.2, 0) is 11.3 Å². The number of nitrogens with one attached hydrogen (secondary N) is 2. The minimum atomic E-state index is -0.608. The maximum atomic E-state index is 12.5. The number of H-pyrrole nitrogens is 1. The molecule has 164 valence electrons. The van der Waals surface area contributed by atoms with Crippen LogP contribution in [0.25, 0.3) is 22.2 Å². The molecule has 2 N–H and O–H groups in total. The molecular formula is C25H25N3O4. The van der Waals surface area contributed by atoms with Gasteiger partial charge in [0, 0.05) is 22.7 Å². The van der Waals surface area contributed by atoms with E-state index in [1.165, 1.54) is 0 Å². The van der Waals surface area contributed by atoms with E-state index in [9.17, 15) is 9.59 Å². The second-order valence-corrected chi connectivity index (χ2v) is 8.64. The van der Waals surface area contributed by atoms with E-state index in [0.717, 1.165) is 22.0 Å².